The van der Waals surface area contributed by atoms with Crippen molar-refractivity contribution < 1.29 is 14.0 Å². The first kappa shape index (κ1) is 14.7. The second kappa shape index (κ2) is 5.85. The van der Waals surface area contributed by atoms with Gasteiger partial charge in [-0.3, -0.25) is 9.59 Å². The van der Waals surface area contributed by atoms with E-state index in [0.717, 1.165) is 5.56 Å². The van der Waals surface area contributed by atoms with E-state index in [1.807, 2.05) is 12.1 Å². The van der Waals surface area contributed by atoms with Gasteiger partial charge in [-0.1, -0.05) is 23.7 Å². The molecule has 1 aliphatic heterocycles. The van der Waals surface area contributed by atoms with Gasteiger partial charge in [-0.15, -0.1) is 0 Å². The highest BCUT2D eigenvalue weighted by atomic mass is 35.5. The predicted molar refractivity (Wildman–Crippen MR) is 83.1 cm³/mol. The van der Waals surface area contributed by atoms with Crippen LogP contribution in [0, 0.1) is 6.92 Å². The summed E-state index contributed by atoms with van der Waals surface area (Å²) < 4.78 is 5.14. The van der Waals surface area contributed by atoms with Gasteiger partial charge in [0, 0.05) is 12.1 Å². The summed E-state index contributed by atoms with van der Waals surface area (Å²) in [6.45, 7) is 2.30. The Morgan fingerprint density at radius 1 is 1.36 bits per heavy atom. The number of nitrogens with one attached hydrogen (secondary N) is 1. The minimum atomic E-state index is -0.562. The zero-order valence-corrected chi connectivity index (χ0v) is 12.8. The van der Waals surface area contributed by atoms with Crippen molar-refractivity contribution >= 4 is 29.1 Å². The Bertz CT molecular complexity index is 726. The third kappa shape index (κ3) is 2.60. The van der Waals surface area contributed by atoms with E-state index in [-0.39, 0.29) is 17.6 Å². The lowest BCUT2D eigenvalue weighted by molar-refractivity contribution is -0.118. The van der Waals surface area contributed by atoms with Gasteiger partial charge < -0.3 is 14.6 Å². The third-order valence-electron chi connectivity index (χ3n) is 3.72. The molecule has 114 valence electrons. The molecule has 0 aliphatic carbocycles. The van der Waals surface area contributed by atoms with E-state index in [1.54, 1.807) is 30.0 Å². The minimum absolute atomic E-state index is 0.161. The molecule has 0 radical (unpaired) electrons. The van der Waals surface area contributed by atoms with Gasteiger partial charge in [0.05, 0.1) is 17.0 Å². The summed E-state index contributed by atoms with van der Waals surface area (Å²) in [5, 5.41) is 3.24. The third-order valence-corrected chi connectivity index (χ3v) is 4.04. The summed E-state index contributed by atoms with van der Waals surface area (Å²) in [4.78, 5) is 26.2. The van der Waals surface area contributed by atoms with E-state index in [9.17, 15) is 9.59 Å². The monoisotopic (exact) mass is 318 g/mol. The molecule has 5 nitrogen and oxygen atoms in total. The Hall–Kier alpha value is -2.27. The summed E-state index contributed by atoms with van der Waals surface area (Å²) in [6.07, 6.45) is 1.99. The van der Waals surface area contributed by atoms with E-state index in [4.69, 9.17) is 16.0 Å². The van der Waals surface area contributed by atoms with Crippen LogP contribution in [0.4, 0.5) is 5.69 Å². The highest BCUT2D eigenvalue weighted by Crippen LogP contribution is 2.29. The Kier molecular flexibility index (Phi) is 3.90. The first-order valence-electron chi connectivity index (χ1n) is 6.99. The van der Waals surface area contributed by atoms with Crippen LogP contribution in [0.1, 0.15) is 22.5 Å². The molecule has 1 atom stereocenters. The normalized spacial score (nSPS) is 17.8. The number of carbonyl (C=O) groups excluding carboxylic acids is 2. The van der Waals surface area contributed by atoms with E-state index < -0.39 is 6.04 Å². The van der Waals surface area contributed by atoms with Gasteiger partial charge in [0.2, 0.25) is 5.91 Å². The number of hydrogen-bond acceptors (Lipinski definition) is 3. The molecule has 0 unspecified atom stereocenters. The van der Waals surface area contributed by atoms with Gasteiger partial charge in [-0.2, -0.15) is 0 Å². The molecule has 1 aromatic heterocycles. The quantitative estimate of drug-likeness (QED) is 0.946. The minimum Gasteiger partial charge on any atom is -0.459 e. The molecule has 1 aromatic carbocycles. The zero-order chi connectivity index (χ0) is 15.7. The smallest absolute Gasteiger partial charge is 0.287 e. The number of rotatable bonds is 3. The lowest BCUT2D eigenvalue weighted by atomic mass is 10.2. The van der Waals surface area contributed by atoms with E-state index in [1.165, 1.54) is 6.26 Å². The van der Waals surface area contributed by atoms with Crippen LogP contribution in [0.5, 0.6) is 0 Å². The number of carbonyl (C=O) groups is 2. The lowest BCUT2D eigenvalue weighted by Gasteiger charge is -2.18. The van der Waals surface area contributed by atoms with Crippen molar-refractivity contribution in [3.05, 3.63) is 52.9 Å². The summed E-state index contributed by atoms with van der Waals surface area (Å²) >= 11 is 6.13. The molecule has 1 aliphatic rings. The maximum Gasteiger partial charge on any atom is 0.287 e. The summed E-state index contributed by atoms with van der Waals surface area (Å²) in [5.41, 5.74) is 1.41. The SMILES string of the molecule is Cc1ccoc1C(=O)N[C@H]1CCN(c2ccccc2Cl)C1=O. The molecule has 2 aromatic rings. The van der Waals surface area contributed by atoms with Crippen molar-refractivity contribution in [1.82, 2.24) is 5.32 Å². The second-order valence-electron chi connectivity index (χ2n) is 5.19. The first-order valence-corrected chi connectivity index (χ1v) is 7.36. The average Bonchev–Trinajstić information content (AvgIpc) is 3.07. The van der Waals surface area contributed by atoms with E-state index in [0.29, 0.717) is 23.7 Å². The number of amides is 2. The number of furan rings is 1. The van der Waals surface area contributed by atoms with E-state index in [2.05, 4.69) is 5.32 Å². The largest absolute Gasteiger partial charge is 0.459 e. The molecule has 6 heteroatoms. The second-order valence-corrected chi connectivity index (χ2v) is 5.60. The maximum atomic E-state index is 12.5. The molecule has 0 saturated carbocycles. The van der Waals surface area contributed by atoms with Crippen LogP contribution < -0.4 is 10.2 Å². The average molecular weight is 319 g/mol. The Labute approximate surface area is 132 Å². The zero-order valence-electron chi connectivity index (χ0n) is 12.0. The number of benzene rings is 1. The molecular formula is C16H15ClN2O3. The molecule has 1 N–H and O–H groups in total. The Morgan fingerprint density at radius 3 is 2.82 bits per heavy atom. The van der Waals surface area contributed by atoms with Crippen LogP contribution in [-0.4, -0.2) is 24.4 Å². The van der Waals surface area contributed by atoms with Crippen LogP contribution in [-0.2, 0) is 4.79 Å². The molecular weight excluding hydrogens is 304 g/mol. The van der Waals surface area contributed by atoms with Crippen molar-refractivity contribution in [3.8, 4) is 0 Å². The van der Waals surface area contributed by atoms with Gasteiger partial charge in [0.1, 0.15) is 6.04 Å². The van der Waals surface area contributed by atoms with Gasteiger partial charge >= 0.3 is 0 Å². The molecule has 0 spiro atoms. The van der Waals surface area contributed by atoms with Crippen molar-refractivity contribution in [2.45, 2.75) is 19.4 Å². The fraction of sp³-hybridized carbons (Fsp3) is 0.250. The van der Waals surface area contributed by atoms with Crippen LogP contribution >= 0.6 is 11.6 Å². The van der Waals surface area contributed by atoms with Gasteiger partial charge in [-0.25, -0.2) is 0 Å². The lowest BCUT2D eigenvalue weighted by Crippen LogP contribution is -2.41. The Morgan fingerprint density at radius 2 is 2.14 bits per heavy atom. The fourth-order valence-corrected chi connectivity index (χ4v) is 2.79. The van der Waals surface area contributed by atoms with Crippen LogP contribution in [0.2, 0.25) is 5.02 Å². The van der Waals surface area contributed by atoms with Gasteiger partial charge in [0.15, 0.2) is 5.76 Å². The van der Waals surface area contributed by atoms with Gasteiger partial charge in [-0.05, 0) is 31.5 Å². The van der Waals surface area contributed by atoms with Crippen LogP contribution in [0.15, 0.2) is 41.0 Å². The topological polar surface area (TPSA) is 62.6 Å². The highest BCUT2D eigenvalue weighted by molar-refractivity contribution is 6.34. The number of nitrogens with zero attached hydrogens (tertiary/aromatic N) is 1. The van der Waals surface area contributed by atoms with Gasteiger partial charge in [0.25, 0.3) is 5.91 Å². The number of halogens is 1. The summed E-state index contributed by atoms with van der Waals surface area (Å²) in [6, 6.07) is 8.32. The van der Waals surface area contributed by atoms with Crippen LogP contribution in [0.3, 0.4) is 0 Å². The van der Waals surface area contributed by atoms with Crippen molar-refractivity contribution in [1.29, 1.82) is 0 Å². The maximum absolute atomic E-state index is 12.5. The summed E-state index contributed by atoms with van der Waals surface area (Å²) in [7, 11) is 0. The first-order chi connectivity index (χ1) is 10.6. The molecule has 22 heavy (non-hydrogen) atoms. The standard InChI is InChI=1S/C16H15ClN2O3/c1-10-7-9-22-14(10)15(20)18-12-6-8-19(16(12)21)13-5-3-2-4-11(13)17/h2-5,7,9,12H,6,8H2,1H3,(H,18,20)/t12-/m0/s1. The van der Waals surface area contributed by atoms with Crippen molar-refractivity contribution in [2.75, 3.05) is 11.4 Å². The molecule has 1 fully saturated rings. The molecule has 2 amide bonds. The molecule has 3 rings (SSSR count). The number of para-hydroxylation sites is 1. The molecule has 0 bridgehead atoms. The molecule has 1 saturated heterocycles. The van der Waals surface area contributed by atoms with Crippen molar-refractivity contribution in [3.63, 3.8) is 0 Å². The number of aryl methyl sites for hydroxylation is 1. The van der Waals surface area contributed by atoms with E-state index >= 15 is 0 Å². The molecule has 2 heterocycles. The van der Waals surface area contributed by atoms with Crippen molar-refractivity contribution in [2.24, 2.45) is 0 Å². The number of hydrogen-bond donors (Lipinski definition) is 1. The Balaban J connectivity index is 1.73. The fourth-order valence-electron chi connectivity index (χ4n) is 2.55. The van der Waals surface area contributed by atoms with Crippen LogP contribution in [0.25, 0.3) is 0 Å². The number of anilines is 1. The highest BCUT2D eigenvalue weighted by Gasteiger charge is 2.35. The predicted octanol–water partition coefficient (Wildman–Crippen LogP) is 2.78. The summed E-state index contributed by atoms with van der Waals surface area (Å²) in [5.74, 6) is -0.295.